The van der Waals surface area contributed by atoms with Gasteiger partial charge in [-0.3, -0.25) is 9.69 Å². The van der Waals surface area contributed by atoms with Gasteiger partial charge in [-0.1, -0.05) is 18.2 Å². The number of rotatable bonds is 4. The molecular weight excluding hydrogens is 326 g/mol. The number of carbonyl (C=O) groups excluding carboxylic acids is 1. The van der Waals surface area contributed by atoms with Crippen molar-refractivity contribution in [2.45, 2.75) is 13.1 Å². The second-order valence-corrected chi connectivity index (χ2v) is 6.23. The van der Waals surface area contributed by atoms with Gasteiger partial charge in [-0.15, -0.1) is 0 Å². The Morgan fingerprint density at radius 1 is 1.08 bits per heavy atom. The molecule has 1 atom stereocenters. The quantitative estimate of drug-likeness (QED) is 0.771. The van der Waals surface area contributed by atoms with Gasteiger partial charge in [-0.25, -0.2) is 4.98 Å². The zero-order valence-corrected chi connectivity index (χ0v) is 14.6. The average molecular weight is 345 g/mol. The third-order valence-electron chi connectivity index (χ3n) is 4.50. The Labute approximate surface area is 152 Å². The first kappa shape index (κ1) is 16.1. The largest absolute Gasteiger partial charge is 0.497 e. The smallest absolute Gasteiger partial charge is 0.261 e. The molecule has 1 aliphatic heterocycles. The maximum Gasteiger partial charge on any atom is 0.261 e. The Balaban J connectivity index is 1.75. The summed E-state index contributed by atoms with van der Waals surface area (Å²) in [6, 6.07) is 19.2. The van der Waals surface area contributed by atoms with E-state index in [1.807, 2.05) is 67.6 Å². The normalized spacial score (nSPS) is 15.7. The van der Waals surface area contributed by atoms with Gasteiger partial charge < -0.3 is 10.1 Å². The molecule has 0 fully saturated rings. The number of aryl methyl sites for hydroxylation is 1. The van der Waals surface area contributed by atoms with E-state index in [2.05, 4.69) is 10.3 Å². The first-order valence-corrected chi connectivity index (χ1v) is 8.43. The summed E-state index contributed by atoms with van der Waals surface area (Å²) in [6.07, 6.45) is 1.41. The van der Waals surface area contributed by atoms with Crippen molar-refractivity contribution < 1.29 is 9.53 Å². The fourth-order valence-corrected chi connectivity index (χ4v) is 3.19. The van der Waals surface area contributed by atoms with Crippen molar-refractivity contribution in [1.29, 1.82) is 0 Å². The molecule has 1 aromatic heterocycles. The van der Waals surface area contributed by atoms with E-state index in [1.165, 1.54) is 0 Å². The van der Waals surface area contributed by atoms with E-state index >= 15 is 0 Å². The molecular formula is C21H19N3O2. The Hall–Kier alpha value is -3.34. The van der Waals surface area contributed by atoms with Crippen LogP contribution in [0.2, 0.25) is 0 Å². The monoisotopic (exact) mass is 345 g/mol. The molecule has 5 nitrogen and oxygen atoms in total. The van der Waals surface area contributed by atoms with Crippen LogP contribution in [0, 0.1) is 6.92 Å². The number of fused-ring (bicyclic) bond motifs is 1. The van der Waals surface area contributed by atoms with E-state index in [0.717, 1.165) is 22.6 Å². The summed E-state index contributed by atoms with van der Waals surface area (Å²) >= 11 is 0. The summed E-state index contributed by atoms with van der Waals surface area (Å²) in [5.74, 6) is 1.37. The van der Waals surface area contributed by atoms with Crippen molar-refractivity contribution in [3.8, 4) is 5.75 Å². The van der Waals surface area contributed by atoms with Crippen LogP contribution in [-0.4, -0.2) is 18.0 Å². The number of amides is 1. The lowest BCUT2D eigenvalue weighted by molar-refractivity contribution is 0.0992. The minimum Gasteiger partial charge on any atom is -0.497 e. The average Bonchev–Trinajstić information content (AvgIpc) is 2.95. The van der Waals surface area contributed by atoms with Gasteiger partial charge >= 0.3 is 0 Å². The fourth-order valence-electron chi connectivity index (χ4n) is 3.19. The lowest BCUT2D eigenvalue weighted by Crippen LogP contribution is -2.33. The van der Waals surface area contributed by atoms with Crippen molar-refractivity contribution in [2.75, 3.05) is 17.3 Å². The number of carbonyl (C=O) groups is 1. The number of hydrogen-bond donors (Lipinski definition) is 1. The summed E-state index contributed by atoms with van der Waals surface area (Å²) in [4.78, 5) is 19.2. The molecule has 2 aromatic carbocycles. The topological polar surface area (TPSA) is 54.5 Å². The van der Waals surface area contributed by atoms with Crippen LogP contribution in [0.3, 0.4) is 0 Å². The van der Waals surface area contributed by atoms with Gasteiger partial charge in [0.2, 0.25) is 0 Å². The molecule has 0 saturated carbocycles. The maximum absolute atomic E-state index is 13.0. The van der Waals surface area contributed by atoms with E-state index in [1.54, 1.807) is 18.2 Å². The summed E-state index contributed by atoms with van der Waals surface area (Å²) in [7, 11) is 1.64. The third-order valence-corrected chi connectivity index (χ3v) is 4.50. The van der Waals surface area contributed by atoms with Gasteiger partial charge in [0, 0.05) is 23.0 Å². The van der Waals surface area contributed by atoms with Crippen molar-refractivity contribution in [3.05, 3.63) is 83.6 Å². The zero-order chi connectivity index (χ0) is 18.1. The van der Waals surface area contributed by atoms with Crippen molar-refractivity contribution >= 4 is 17.4 Å². The van der Waals surface area contributed by atoms with Crippen LogP contribution in [0.15, 0.2) is 66.9 Å². The number of benzene rings is 2. The molecule has 0 bridgehead atoms. The molecule has 0 saturated heterocycles. The summed E-state index contributed by atoms with van der Waals surface area (Å²) in [6.45, 7) is 1.99. The van der Waals surface area contributed by atoms with Gasteiger partial charge in [-0.2, -0.15) is 0 Å². The Kier molecular flexibility index (Phi) is 4.05. The molecule has 0 unspecified atom stereocenters. The van der Waals surface area contributed by atoms with Gasteiger partial charge in [-0.05, 0) is 55.0 Å². The standard InChI is InChI=1S/C21H19N3O2/c1-14-11-12-22-19(13-14)24-20(17-5-3-4-6-18(17)21(24)25)23-15-7-9-16(26-2)10-8-15/h3-13,20,23H,1-2H3/t20-/m0/s1. The van der Waals surface area contributed by atoms with Crippen molar-refractivity contribution in [2.24, 2.45) is 0 Å². The molecule has 0 aliphatic carbocycles. The number of nitrogens with zero attached hydrogens (tertiary/aromatic N) is 2. The number of methoxy groups -OCH3 is 1. The zero-order valence-electron chi connectivity index (χ0n) is 14.6. The minimum atomic E-state index is -0.318. The van der Waals surface area contributed by atoms with E-state index < -0.39 is 0 Å². The molecule has 1 aliphatic rings. The van der Waals surface area contributed by atoms with Crippen LogP contribution < -0.4 is 15.0 Å². The minimum absolute atomic E-state index is 0.0512. The predicted molar refractivity (Wildman–Crippen MR) is 102 cm³/mol. The molecule has 5 heteroatoms. The number of aromatic nitrogens is 1. The second-order valence-electron chi connectivity index (χ2n) is 6.23. The highest BCUT2D eigenvalue weighted by Gasteiger charge is 2.38. The molecule has 130 valence electrons. The number of hydrogen-bond acceptors (Lipinski definition) is 4. The van der Waals surface area contributed by atoms with E-state index in [-0.39, 0.29) is 12.1 Å². The molecule has 26 heavy (non-hydrogen) atoms. The van der Waals surface area contributed by atoms with E-state index in [0.29, 0.717) is 11.4 Å². The van der Waals surface area contributed by atoms with Gasteiger partial charge in [0.25, 0.3) is 5.91 Å². The van der Waals surface area contributed by atoms with Crippen LogP contribution in [0.25, 0.3) is 0 Å². The van der Waals surface area contributed by atoms with Gasteiger partial charge in [0.05, 0.1) is 7.11 Å². The Morgan fingerprint density at radius 3 is 2.58 bits per heavy atom. The Morgan fingerprint density at radius 2 is 1.85 bits per heavy atom. The lowest BCUT2D eigenvalue weighted by atomic mass is 10.1. The number of nitrogens with one attached hydrogen (secondary N) is 1. The number of anilines is 2. The lowest BCUT2D eigenvalue weighted by Gasteiger charge is -2.26. The third kappa shape index (κ3) is 2.77. The molecule has 1 N–H and O–H groups in total. The highest BCUT2D eigenvalue weighted by molar-refractivity contribution is 6.11. The first-order chi connectivity index (χ1) is 12.7. The molecule has 3 aromatic rings. The van der Waals surface area contributed by atoms with Gasteiger partial charge in [0.1, 0.15) is 17.7 Å². The predicted octanol–water partition coefficient (Wildman–Crippen LogP) is 4.17. The highest BCUT2D eigenvalue weighted by Crippen LogP contribution is 2.37. The SMILES string of the molecule is COc1ccc(N[C@@H]2c3ccccc3C(=O)N2c2cc(C)ccn2)cc1. The highest BCUT2D eigenvalue weighted by atomic mass is 16.5. The van der Waals surface area contributed by atoms with Crippen LogP contribution in [-0.2, 0) is 0 Å². The van der Waals surface area contributed by atoms with E-state index in [9.17, 15) is 4.79 Å². The van der Waals surface area contributed by atoms with Crippen LogP contribution in [0.1, 0.15) is 27.7 Å². The molecule has 1 amide bonds. The summed E-state index contributed by atoms with van der Waals surface area (Å²) < 4.78 is 5.21. The number of pyridine rings is 1. The molecule has 0 spiro atoms. The number of ether oxygens (including phenoxy) is 1. The summed E-state index contributed by atoms with van der Waals surface area (Å²) in [5, 5.41) is 3.46. The Bertz CT molecular complexity index is 953. The molecule has 4 rings (SSSR count). The van der Waals surface area contributed by atoms with Crippen molar-refractivity contribution in [3.63, 3.8) is 0 Å². The van der Waals surface area contributed by atoms with Crippen LogP contribution in [0.4, 0.5) is 11.5 Å². The maximum atomic E-state index is 13.0. The molecule has 2 heterocycles. The van der Waals surface area contributed by atoms with Gasteiger partial charge in [0.15, 0.2) is 0 Å². The summed E-state index contributed by atoms with van der Waals surface area (Å²) in [5.41, 5.74) is 3.60. The fraction of sp³-hybridized carbons (Fsp3) is 0.143. The second kappa shape index (κ2) is 6.52. The van der Waals surface area contributed by atoms with E-state index in [4.69, 9.17) is 4.74 Å². The molecule has 0 radical (unpaired) electrons. The van der Waals surface area contributed by atoms with Crippen molar-refractivity contribution in [1.82, 2.24) is 4.98 Å². The van der Waals surface area contributed by atoms with Crippen LogP contribution in [0.5, 0.6) is 5.75 Å². The first-order valence-electron chi connectivity index (χ1n) is 8.43. The van der Waals surface area contributed by atoms with Crippen LogP contribution >= 0.6 is 0 Å².